The first-order valence-corrected chi connectivity index (χ1v) is 10.1. The van der Waals surface area contributed by atoms with Gasteiger partial charge in [-0.05, 0) is 50.2 Å². The van der Waals surface area contributed by atoms with E-state index in [0.29, 0.717) is 12.5 Å². The molecule has 0 spiro atoms. The predicted octanol–water partition coefficient (Wildman–Crippen LogP) is 2.68. The van der Waals surface area contributed by atoms with Crippen molar-refractivity contribution in [3.63, 3.8) is 0 Å². The van der Waals surface area contributed by atoms with E-state index in [1.807, 2.05) is 6.20 Å². The van der Waals surface area contributed by atoms with Crippen LogP contribution in [-0.4, -0.2) is 29.8 Å². The molecule has 0 amide bonds. The van der Waals surface area contributed by atoms with Crippen LogP contribution >= 0.6 is 0 Å². The topological polar surface area (TPSA) is 73.6 Å². The maximum Gasteiger partial charge on any atom is 0.122 e. The average Bonchev–Trinajstić information content (AvgIpc) is 3.44. The fraction of sp³-hybridized carbons (Fsp3) is 0.550. The lowest BCUT2D eigenvalue weighted by Crippen LogP contribution is -2.25. The number of H-pyrrole nitrogens is 1. The van der Waals surface area contributed by atoms with Crippen molar-refractivity contribution in [3.8, 4) is 0 Å². The van der Waals surface area contributed by atoms with Crippen LogP contribution in [0.25, 0.3) is 0 Å². The fourth-order valence-electron chi connectivity index (χ4n) is 5.02. The summed E-state index contributed by atoms with van der Waals surface area (Å²) < 4.78 is 10.6. The lowest BCUT2D eigenvalue weighted by Gasteiger charge is -2.28. The molecule has 5 heterocycles. The third-order valence-electron chi connectivity index (χ3n) is 6.52. The molecule has 1 aliphatic carbocycles. The molecular weight excluding hydrogens is 340 g/mol. The molecule has 0 bridgehead atoms. The number of nitrogens with zero attached hydrogens (tertiary/aromatic N) is 5. The van der Waals surface area contributed by atoms with Crippen molar-refractivity contribution >= 4 is 0 Å². The molecule has 2 aliphatic heterocycles. The van der Waals surface area contributed by atoms with Gasteiger partial charge in [0.05, 0.1) is 30.7 Å². The van der Waals surface area contributed by atoms with E-state index in [9.17, 15) is 0 Å². The Morgan fingerprint density at radius 1 is 1.07 bits per heavy atom. The standard InChI is InChI=1S/C20H24N6O/c1-2-4-17-15(3-1)20(24-23-17)19-11-26-18(12-27-19)16(9-22-26)13-5-6-14-7-8-21-25(14)10-13/h7-9,13,19H,1-6,10-12H2,(H,23,24). The van der Waals surface area contributed by atoms with Gasteiger partial charge in [-0.15, -0.1) is 0 Å². The highest BCUT2D eigenvalue weighted by Gasteiger charge is 2.32. The number of aromatic nitrogens is 6. The van der Waals surface area contributed by atoms with Crippen LogP contribution in [0.1, 0.15) is 65.2 Å². The van der Waals surface area contributed by atoms with Crippen LogP contribution in [0.4, 0.5) is 0 Å². The number of aryl methyl sites for hydroxylation is 2. The molecule has 7 heteroatoms. The summed E-state index contributed by atoms with van der Waals surface area (Å²) in [7, 11) is 0. The summed E-state index contributed by atoms with van der Waals surface area (Å²) in [5.74, 6) is 0.472. The molecule has 0 aromatic carbocycles. The SMILES string of the molecule is c1cc2n(n1)CC(c1cnn3c1COC(c1n[nH]c4c1CCCC4)C3)CC2. The van der Waals surface area contributed by atoms with E-state index in [1.165, 1.54) is 41.1 Å². The largest absolute Gasteiger partial charge is 0.364 e. The Kier molecular flexibility index (Phi) is 3.50. The van der Waals surface area contributed by atoms with Crippen molar-refractivity contribution in [1.82, 2.24) is 29.8 Å². The predicted molar refractivity (Wildman–Crippen MR) is 98.3 cm³/mol. The Morgan fingerprint density at radius 3 is 3.04 bits per heavy atom. The lowest BCUT2D eigenvalue weighted by atomic mass is 9.91. The summed E-state index contributed by atoms with van der Waals surface area (Å²) >= 11 is 0. The molecule has 3 aromatic heterocycles. The number of hydrogen-bond donors (Lipinski definition) is 1. The zero-order chi connectivity index (χ0) is 17.8. The molecule has 1 N–H and O–H groups in total. The summed E-state index contributed by atoms with van der Waals surface area (Å²) in [5.41, 5.74) is 7.71. The van der Waals surface area contributed by atoms with Crippen LogP contribution < -0.4 is 0 Å². The summed E-state index contributed by atoms with van der Waals surface area (Å²) in [4.78, 5) is 0. The maximum absolute atomic E-state index is 6.29. The van der Waals surface area contributed by atoms with Gasteiger partial charge in [-0.25, -0.2) is 0 Å². The number of fused-ring (bicyclic) bond motifs is 3. The molecule has 7 nitrogen and oxygen atoms in total. The summed E-state index contributed by atoms with van der Waals surface area (Å²) in [6.45, 7) is 2.31. The van der Waals surface area contributed by atoms with E-state index < -0.39 is 0 Å². The van der Waals surface area contributed by atoms with Crippen molar-refractivity contribution < 1.29 is 4.74 Å². The average molecular weight is 364 g/mol. The minimum Gasteiger partial charge on any atom is -0.364 e. The van der Waals surface area contributed by atoms with Crippen LogP contribution in [-0.2, 0) is 43.7 Å². The molecule has 27 heavy (non-hydrogen) atoms. The van der Waals surface area contributed by atoms with Crippen LogP contribution in [0, 0.1) is 0 Å². The Labute approximate surface area is 157 Å². The minimum absolute atomic E-state index is 0.00687. The molecule has 0 saturated carbocycles. The summed E-state index contributed by atoms with van der Waals surface area (Å²) in [6.07, 6.45) is 10.9. The molecule has 2 unspecified atom stereocenters. The summed E-state index contributed by atoms with van der Waals surface area (Å²) in [5, 5.41) is 17.0. The highest BCUT2D eigenvalue weighted by molar-refractivity contribution is 5.31. The van der Waals surface area contributed by atoms with Crippen LogP contribution in [0.15, 0.2) is 18.5 Å². The molecular formula is C20H24N6O. The molecule has 140 valence electrons. The smallest absolute Gasteiger partial charge is 0.122 e. The van der Waals surface area contributed by atoms with E-state index in [2.05, 4.69) is 36.9 Å². The zero-order valence-corrected chi connectivity index (χ0v) is 15.4. The second-order valence-electron chi connectivity index (χ2n) is 8.04. The third-order valence-corrected chi connectivity index (χ3v) is 6.52. The first kappa shape index (κ1) is 15.6. The Bertz CT molecular complexity index is 983. The quantitative estimate of drug-likeness (QED) is 0.759. The fourth-order valence-corrected chi connectivity index (χ4v) is 5.02. The van der Waals surface area contributed by atoms with Gasteiger partial charge in [0.25, 0.3) is 0 Å². The van der Waals surface area contributed by atoms with Gasteiger partial charge < -0.3 is 4.74 Å². The van der Waals surface area contributed by atoms with Crippen LogP contribution in [0.2, 0.25) is 0 Å². The van der Waals surface area contributed by atoms with Gasteiger partial charge in [0, 0.05) is 35.6 Å². The second-order valence-corrected chi connectivity index (χ2v) is 8.04. The van der Waals surface area contributed by atoms with E-state index in [0.717, 1.165) is 44.5 Å². The number of hydrogen-bond acceptors (Lipinski definition) is 4. The van der Waals surface area contributed by atoms with Gasteiger partial charge in [-0.1, -0.05) is 0 Å². The number of rotatable bonds is 2. The Balaban J connectivity index is 1.26. The number of nitrogens with one attached hydrogen (secondary N) is 1. The van der Waals surface area contributed by atoms with Crippen LogP contribution in [0.3, 0.4) is 0 Å². The minimum atomic E-state index is 0.00687. The van der Waals surface area contributed by atoms with E-state index in [-0.39, 0.29) is 6.10 Å². The van der Waals surface area contributed by atoms with Gasteiger partial charge in [0.15, 0.2) is 0 Å². The van der Waals surface area contributed by atoms with Crippen molar-refractivity contribution in [2.45, 2.75) is 70.2 Å². The van der Waals surface area contributed by atoms with Gasteiger partial charge in [0.2, 0.25) is 0 Å². The van der Waals surface area contributed by atoms with Crippen molar-refractivity contribution in [1.29, 1.82) is 0 Å². The van der Waals surface area contributed by atoms with Gasteiger partial charge >= 0.3 is 0 Å². The molecule has 3 aliphatic rings. The van der Waals surface area contributed by atoms with Crippen molar-refractivity contribution in [2.24, 2.45) is 0 Å². The molecule has 2 atom stereocenters. The zero-order valence-electron chi connectivity index (χ0n) is 15.4. The molecule has 0 saturated heterocycles. The highest BCUT2D eigenvalue weighted by atomic mass is 16.5. The van der Waals surface area contributed by atoms with E-state index in [4.69, 9.17) is 9.84 Å². The van der Waals surface area contributed by atoms with Gasteiger partial charge in [-0.3, -0.25) is 14.5 Å². The lowest BCUT2D eigenvalue weighted by molar-refractivity contribution is -0.00498. The monoisotopic (exact) mass is 364 g/mol. The normalized spacial score (nSPS) is 24.3. The first-order valence-electron chi connectivity index (χ1n) is 10.1. The molecule has 0 fully saturated rings. The number of ether oxygens (including phenoxy) is 1. The van der Waals surface area contributed by atoms with Crippen LogP contribution in [0.5, 0.6) is 0 Å². The molecule has 6 rings (SSSR count). The first-order chi connectivity index (χ1) is 13.4. The Morgan fingerprint density at radius 2 is 2.04 bits per heavy atom. The van der Waals surface area contributed by atoms with E-state index in [1.54, 1.807) is 0 Å². The Hall–Kier alpha value is -2.41. The summed E-state index contributed by atoms with van der Waals surface area (Å²) in [6, 6.07) is 2.13. The third kappa shape index (κ3) is 2.48. The number of aromatic amines is 1. The van der Waals surface area contributed by atoms with Crippen molar-refractivity contribution in [3.05, 3.63) is 52.4 Å². The molecule has 0 radical (unpaired) electrons. The van der Waals surface area contributed by atoms with E-state index >= 15 is 0 Å². The molecule has 3 aromatic rings. The highest BCUT2D eigenvalue weighted by Crippen LogP contribution is 2.36. The maximum atomic E-state index is 6.29. The van der Waals surface area contributed by atoms with Crippen molar-refractivity contribution in [2.75, 3.05) is 0 Å². The second kappa shape index (κ2) is 6.05. The van der Waals surface area contributed by atoms with Gasteiger partial charge in [0.1, 0.15) is 6.10 Å². The van der Waals surface area contributed by atoms with Gasteiger partial charge in [-0.2, -0.15) is 15.3 Å².